The maximum absolute atomic E-state index is 12.2. The smallest absolute Gasteiger partial charge is 0.320 e. The number of urea groups is 1. The molecule has 0 spiro atoms. The molecule has 0 aromatic carbocycles. The molecular weight excluding hydrogens is 216 g/mol. The molecule has 0 aromatic rings. The maximum atomic E-state index is 12.2. The van der Waals surface area contributed by atoms with E-state index in [9.17, 15) is 9.90 Å². The van der Waals surface area contributed by atoms with Gasteiger partial charge in [-0.25, -0.2) is 4.79 Å². The number of carbonyl (C=O) groups excluding carboxylic acids is 1. The van der Waals surface area contributed by atoms with Crippen molar-refractivity contribution in [3.8, 4) is 0 Å². The summed E-state index contributed by atoms with van der Waals surface area (Å²) in [6.07, 6.45) is 7.04. The van der Waals surface area contributed by atoms with Crippen LogP contribution in [0.5, 0.6) is 0 Å². The first-order valence-corrected chi connectivity index (χ1v) is 6.95. The lowest BCUT2D eigenvalue weighted by atomic mass is 9.89. The van der Waals surface area contributed by atoms with Crippen LogP contribution >= 0.6 is 0 Å². The Morgan fingerprint density at radius 3 is 2.12 bits per heavy atom. The second-order valence-electron chi connectivity index (χ2n) is 5.92. The van der Waals surface area contributed by atoms with Crippen LogP contribution in [0.3, 0.4) is 0 Å². The number of rotatable bonds is 1. The molecular formula is C13H22N2O2. The molecule has 0 atom stereocenters. The van der Waals surface area contributed by atoms with Gasteiger partial charge in [0.1, 0.15) is 5.60 Å². The summed E-state index contributed by atoms with van der Waals surface area (Å²) in [6.45, 7) is 2.92. The van der Waals surface area contributed by atoms with Crippen molar-refractivity contribution in [2.24, 2.45) is 5.92 Å². The van der Waals surface area contributed by atoms with Gasteiger partial charge in [0.25, 0.3) is 0 Å². The summed E-state index contributed by atoms with van der Waals surface area (Å²) in [5, 5.41) is 10.2. The Labute approximate surface area is 103 Å². The molecule has 4 heteroatoms. The summed E-state index contributed by atoms with van der Waals surface area (Å²) in [4.78, 5) is 16.0. The van der Waals surface area contributed by atoms with Gasteiger partial charge in [-0.1, -0.05) is 12.8 Å². The molecule has 2 saturated heterocycles. The number of hydrogen-bond donors (Lipinski definition) is 1. The van der Waals surface area contributed by atoms with Gasteiger partial charge in [-0.15, -0.1) is 0 Å². The average molecular weight is 238 g/mol. The third kappa shape index (κ3) is 2.15. The molecule has 0 unspecified atom stereocenters. The molecule has 4 nitrogen and oxygen atoms in total. The zero-order valence-corrected chi connectivity index (χ0v) is 10.4. The fourth-order valence-corrected chi connectivity index (χ4v) is 3.09. The minimum absolute atomic E-state index is 0.150. The number of hydrogen-bond acceptors (Lipinski definition) is 2. The van der Waals surface area contributed by atoms with Gasteiger partial charge in [0.05, 0.1) is 13.1 Å². The lowest BCUT2D eigenvalue weighted by molar-refractivity contribution is -0.0963. The lowest BCUT2D eigenvalue weighted by Crippen LogP contribution is -2.66. The van der Waals surface area contributed by atoms with Crippen molar-refractivity contribution in [1.82, 2.24) is 9.80 Å². The van der Waals surface area contributed by atoms with E-state index in [1.54, 1.807) is 0 Å². The van der Waals surface area contributed by atoms with Crippen LogP contribution < -0.4 is 0 Å². The number of amides is 2. The number of likely N-dealkylation sites (tertiary alicyclic amines) is 2. The largest absolute Gasteiger partial charge is 0.386 e. The average Bonchev–Trinajstić information content (AvgIpc) is 3.09. The van der Waals surface area contributed by atoms with E-state index in [4.69, 9.17) is 0 Å². The topological polar surface area (TPSA) is 43.8 Å². The Balaban J connectivity index is 1.53. The monoisotopic (exact) mass is 238 g/mol. The van der Waals surface area contributed by atoms with Crippen LogP contribution in [0.25, 0.3) is 0 Å². The van der Waals surface area contributed by atoms with E-state index in [0.717, 1.165) is 38.8 Å². The fourth-order valence-electron chi connectivity index (χ4n) is 3.09. The van der Waals surface area contributed by atoms with E-state index in [1.165, 1.54) is 12.8 Å². The highest BCUT2D eigenvalue weighted by Crippen LogP contribution is 2.44. The third-order valence-corrected chi connectivity index (χ3v) is 4.41. The first-order chi connectivity index (χ1) is 8.19. The van der Waals surface area contributed by atoms with E-state index in [1.807, 2.05) is 9.80 Å². The summed E-state index contributed by atoms with van der Waals surface area (Å²) in [7, 11) is 0. The van der Waals surface area contributed by atoms with Crippen molar-refractivity contribution >= 4 is 6.03 Å². The van der Waals surface area contributed by atoms with Crippen LogP contribution in [0.2, 0.25) is 0 Å². The highest BCUT2D eigenvalue weighted by Gasteiger charge is 2.53. The summed E-state index contributed by atoms with van der Waals surface area (Å²) in [5.74, 6) is 0.468. The van der Waals surface area contributed by atoms with E-state index < -0.39 is 5.60 Å². The highest BCUT2D eigenvalue weighted by molar-refractivity contribution is 5.75. The number of β-amino-alcohol motifs (C(OH)–C–C–N with tert-alkyl or cyclic N) is 1. The van der Waals surface area contributed by atoms with Crippen molar-refractivity contribution in [1.29, 1.82) is 0 Å². The molecule has 3 rings (SSSR count). The Hall–Kier alpha value is -0.770. The second-order valence-corrected chi connectivity index (χ2v) is 5.92. The molecule has 1 saturated carbocycles. The van der Waals surface area contributed by atoms with Gasteiger partial charge in [0.15, 0.2) is 0 Å². The van der Waals surface area contributed by atoms with Crippen molar-refractivity contribution in [3.05, 3.63) is 0 Å². The summed E-state index contributed by atoms with van der Waals surface area (Å²) >= 11 is 0. The van der Waals surface area contributed by atoms with Crippen molar-refractivity contribution in [2.75, 3.05) is 26.2 Å². The van der Waals surface area contributed by atoms with Crippen LogP contribution in [0, 0.1) is 5.92 Å². The van der Waals surface area contributed by atoms with E-state index >= 15 is 0 Å². The van der Waals surface area contributed by atoms with Crippen molar-refractivity contribution < 1.29 is 9.90 Å². The first kappa shape index (κ1) is 11.3. The minimum atomic E-state index is -0.540. The Kier molecular flexibility index (Phi) is 2.77. The van der Waals surface area contributed by atoms with Crippen LogP contribution in [0.4, 0.5) is 4.79 Å². The Morgan fingerprint density at radius 2 is 1.59 bits per heavy atom. The van der Waals surface area contributed by atoms with Crippen LogP contribution in [0.1, 0.15) is 38.5 Å². The predicted molar refractivity (Wildman–Crippen MR) is 64.7 cm³/mol. The number of carbonyl (C=O) groups is 1. The molecule has 2 aliphatic heterocycles. The van der Waals surface area contributed by atoms with Gasteiger partial charge in [0, 0.05) is 13.1 Å². The van der Waals surface area contributed by atoms with Gasteiger partial charge < -0.3 is 14.9 Å². The number of nitrogens with zero attached hydrogens (tertiary/aromatic N) is 2. The molecule has 17 heavy (non-hydrogen) atoms. The summed E-state index contributed by atoms with van der Waals surface area (Å²) in [5.41, 5.74) is -0.540. The van der Waals surface area contributed by atoms with Gasteiger partial charge in [-0.2, -0.15) is 0 Å². The van der Waals surface area contributed by atoms with Crippen LogP contribution in [0.15, 0.2) is 0 Å². The molecule has 1 N–H and O–H groups in total. The molecule has 1 aliphatic carbocycles. The Morgan fingerprint density at radius 1 is 1.00 bits per heavy atom. The predicted octanol–water partition coefficient (Wildman–Crippen LogP) is 1.44. The highest BCUT2D eigenvalue weighted by atomic mass is 16.3. The molecule has 3 fully saturated rings. The maximum Gasteiger partial charge on any atom is 0.320 e. The molecule has 0 aromatic heterocycles. The van der Waals surface area contributed by atoms with Crippen molar-refractivity contribution in [2.45, 2.75) is 44.1 Å². The zero-order valence-electron chi connectivity index (χ0n) is 10.4. The van der Waals surface area contributed by atoms with E-state index in [-0.39, 0.29) is 6.03 Å². The minimum Gasteiger partial charge on any atom is -0.386 e. The zero-order chi connectivity index (χ0) is 11.9. The Bertz CT molecular complexity index is 301. The fraction of sp³-hybridized carbons (Fsp3) is 0.923. The normalized spacial score (nSPS) is 28.5. The van der Waals surface area contributed by atoms with E-state index in [0.29, 0.717) is 19.0 Å². The number of aliphatic hydroxyl groups is 1. The summed E-state index contributed by atoms with van der Waals surface area (Å²) in [6, 6.07) is 0.150. The molecule has 0 bridgehead atoms. The van der Waals surface area contributed by atoms with Gasteiger partial charge in [0.2, 0.25) is 0 Å². The molecule has 2 heterocycles. The van der Waals surface area contributed by atoms with E-state index in [2.05, 4.69) is 0 Å². The van der Waals surface area contributed by atoms with Gasteiger partial charge in [-0.05, 0) is 31.6 Å². The quantitative estimate of drug-likeness (QED) is 0.751. The third-order valence-electron chi connectivity index (χ3n) is 4.41. The van der Waals surface area contributed by atoms with Crippen LogP contribution in [-0.4, -0.2) is 52.7 Å². The molecule has 96 valence electrons. The second kappa shape index (κ2) is 4.16. The van der Waals surface area contributed by atoms with Gasteiger partial charge >= 0.3 is 6.03 Å². The SMILES string of the molecule is O=C(N1CCCCCC1)N1CC(O)(C2CC2)C1. The van der Waals surface area contributed by atoms with Crippen LogP contribution in [-0.2, 0) is 0 Å². The lowest BCUT2D eigenvalue weighted by Gasteiger charge is -2.48. The van der Waals surface area contributed by atoms with Gasteiger partial charge in [-0.3, -0.25) is 0 Å². The van der Waals surface area contributed by atoms with Crippen molar-refractivity contribution in [3.63, 3.8) is 0 Å². The summed E-state index contributed by atoms with van der Waals surface area (Å²) < 4.78 is 0. The first-order valence-electron chi connectivity index (χ1n) is 6.95. The molecule has 2 amide bonds. The standard InChI is InChI=1S/C13H22N2O2/c16-12(14-7-3-1-2-4-8-14)15-9-13(17,10-15)11-5-6-11/h11,17H,1-10H2. The molecule has 0 radical (unpaired) electrons. The molecule has 3 aliphatic rings.